The first kappa shape index (κ1) is 39.3. The van der Waals surface area contributed by atoms with Crippen LogP contribution in [0.4, 0.5) is 17.1 Å². The zero-order chi connectivity index (χ0) is 44.2. The van der Waals surface area contributed by atoms with Gasteiger partial charge in [-0.3, -0.25) is 0 Å². The van der Waals surface area contributed by atoms with Gasteiger partial charge in [0.25, 0.3) is 0 Å². The Hall–Kier alpha value is -8.26. The third-order valence-corrected chi connectivity index (χ3v) is 13.9. The van der Waals surface area contributed by atoms with Gasteiger partial charge in [-0.2, -0.15) is 0 Å². The van der Waals surface area contributed by atoms with E-state index in [9.17, 15) is 0 Å². The van der Waals surface area contributed by atoms with Crippen LogP contribution in [0, 0.1) is 0 Å². The van der Waals surface area contributed by atoms with E-state index >= 15 is 0 Å². The molecule has 0 spiro atoms. The van der Waals surface area contributed by atoms with Crippen LogP contribution in [0.3, 0.4) is 0 Å². The predicted octanol–water partition coefficient (Wildman–Crippen LogP) is 18.1. The Kier molecular flexibility index (Phi) is 9.58. The SMILES string of the molecule is CC1(C)c2cc(-c3cccc4ccccc34)ccc2-c2ccc(N(c3ccc(-c4ccc(-c5ccccc5)cc4)cc3)c3ccc(-c4ccc(-c5cccc6ccccc56)cc4)cc3)cc21. The van der Waals surface area contributed by atoms with Crippen molar-refractivity contribution < 1.29 is 0 Å². The molecule has 11 aromatic carbocycles. The molecule has 1 heteroatoms. The highest BCUT2D eigenvalue weighted by Crippen LogP contribution is 2.52. The molecular formula is C65H47N. The molecule has 0 atom stereocenters. The number of hydrogen-bond donors (Lipinski definition) is 0. The maximum Gasteiger partial charge on any atom is 0.0465 e. The molecule has 312 valence electrons. The summed E-state index contributed by atoms with van der Waals surface area (Å²) in [6, 6.07) is 91.3. The zero-order valence-electron chi connectivity index (χ0n) is 37.1. The monoisotopic (exact) mass is 841 g/mol. The van der Waals surface area contributed by atoms with Gasteiger partial charge in [0.1, 0.15) is 0 Å². The third-order valence-electron chi connectivity index (χ3n) is 13.9. The van der Waals surface area contributed by atoms with Crippen molar-refractivity contribution in [1.82, 2.24) is 0 Å². The highest BCUT2D eigenvalue weighted by molar-refractivity contribution is 5.99. The Morgan fingerprint density at radius 1 is 0.258 bits per heavy atom. The number of fused-ring (bicyclic) bond motifs is 5. The van der Waals surface area contributed by atoms with Crippen LogP contribution in [0.25, 0.3) is 88.3 Å². The van der Waals surface area contributed by atoms with E-state index in [0.29, 0.717) is 0 Å². The topological polar surface area (TPSA) is 3.24 Å². The van der Waals surface area contributed by atoms with Gasteiger partial charge < -0.3 is 4.90 Å². The van der Waals surface area contributed by atoms with Crippen molar-refractivity contribution >= 4 is 38.6 Å². The molecule has 0 heterocycles. The summed E-state index contributed by atoms with van der Waals surface area (Å²) >= 11 is 0. The van der Waals surface area contributed by atoms with Crippen molar-refractivity contribution in [3.63, 3.8) is 0 Å². The minimum Gasteiger partial charge on any atom is -0.310 e. The summed E-state index contributed by atoms with van der Waals surface area (Å²) in [6.45, 7) is 4.77. The van der Waals surface area contributed by atoms with Crippen molar-refractivity contribution in [1.29, 1.82) is 0 Å². The fourth-order valence-corrected chi connectivity index (χ4v) is 10.4. The molecule has 0 saturated heterocycles. The van der Waals surface area contributed by atoms with E-state index in [2.05, 4.69) is 267 Å². The molecule has 1 nitrogen and oxygen atoms in total. The minimum absolute atomic E-state index is 0.204. The van der Waals surface area contributed by atoms with Crippen LogP contribution in [0.2, 0.25) is 0 Å². The summed E-state index contributed by atoms with van der Waals surface area (Å²) in [7, 11) is 0. The number of benzene rings is 11. The van der Waals surface area contributed by atoms with Gasteiger partial charge in [-0.05, 0) is 142 Å². The lowest BCUT2D eigenvalue weighted by Crippen LogP contribution is -2.16. The number of anilines is 3. The predicted molar refractivity (Wildman–Crippen MR) is 281 cm³/mol. The van der Waals surface area contributed by atoms with E-state index in [1.807, 2.05) is 0 Å². The van der Waals surface area contributed by atoms with E-state index in [1.165, 1.54) is 99.4 Å². The molecule has 0 bridgehead atoms. The molecule has 0 unspecified atom stereocenters. The van der Waals surface area contributed by atoms with Crippen molar-refractivity contribution in [3.05, 3.63) is 260 Å². The Labute approximate surface area is 387 Å². The van der Waals surface area contributed by atoms with Gasteiger partial charge >= 0.3 is 0 Å². The maximum absolute atomic E-state index is 2.44. The van der Waals surface area contributed by atoms with Crippen LogP contribution >= 0.6 is 0 Å². The lowest BCUT2D eigenvalue weighted by Gasteiger charge is -2.28. The van der Waals surface area contributed by atoms with Crippen molar-refractivity contribution in [2.24, 2.45) is 0 Å². The molecular weight excluding hydrogens is 795 g/mol. The van der Waals surface area contributed by atoms with Crippen molar-refractivity contribution in [2.45, 2.75) is 19.3 Å². The van der Waals surface area contributed by atoms with E-state index in [-0.39, 0.29) is 5.41 Å². The first-order valence-corrected chi connectivity index (χ1v) is 23.0. The molecule has 12 rings (SSSR count). The quantitative estimate of drug-likeness (QED) is 0.147. The van der Waals surface area contributed by atoms with Crippen LogP contribution < -0.4 is 4.90 Å². The highest BCUT2D eigenvalue weighted by atomic mass is 15.1. The number of hydrogen-bond acceptors (Lipinski definition) is 1. The minimum atomic E-state index is -0.204. The average Bonchev–Trinajstić information content (AvgIpc) is 3.61. The summed E-state index contributed by atoms with van der Waals surface area (Å²) in [4.78, 5) is 2.41. The van der Waals surface area contributed by atoms with Crippen LogP contribution in [-0.2, 0) is 5.41 Å². The van der Waals surface area contributed by atoms with E-state index in [4.69, 9.17) is 0 Å². The third kappa shape index (κ3) is 6.89. The van der Waals surface area contributed by atoms with Gasteiger partial charge in [0.05, 0.1) is 0 Å². The molecule has 0 radical (unpaired) electrons. The van der Waals surface area contributed by atoms with Gasteiger partial charge in [-0.25, -0.2) is 0 Å². The van der Waals surface area contributed by atoms with Gasteiger partial charge in [0.2, 0.25) is 0 Å². The molecule has 0 aliphatic heterocycles. The molecule has 66 heavy (non-hydrogen) atoms. The lowest BCUT2D eigenvalue weighted by atomic mass is 9.81. The summed E-state index contributed by atoms with van der Waals surface area (Å²) in [5.74, 6) is 0. The summed E-state index contributed by atoms with van der Waals surface area (Å²) < 4.78 is 0. The summed E-state index contributed by atoms with van der Waals surface area (Å²) in [5, 5.41) is 5.08. The van der Waals surface area contributed by atoms with Crippen LogP contribution in [0.1, 0.15) is 25.0 Å². The second-order valence-corrected chi connectivity index (χ2v) is 18.1. The van der Waals surface area contributed by atoms with Crippen LogP contribution in [0.5, 0.6) is 0 Å². The second kappa shape index (κ2) is 16.1. The van der Waals surface area contributed by atoms with Gasteiger partial charge in [0.15, 0.2) is 0 Å². The van der Waals surface area contributed by atoms with E-state index in [0.717, 1.165) is 17.1 Å². The van der Waals surface area contributed by atoms with Crippen molar-refractivity contribution in [3.8, 4) is 66.8 Å². The largest absolute Gasteiger partial charge is 0.310 e. The second-order valence-electron chi connectivity index (χ2n) is 18.1. The number of nitrogens with zero attached hydrogens (tertiary/aromatic N) is 1. The highest BCUT2D eigenvalue weighted by Gasteiger charge is 2.36. The van der Waals surface area contributed by atoms with Crippen LogP contribution in [-0.4, -0.2) is 0 Å². The molecule has 11 aromatic rings. The molecule has 1 aliphatic rings. The Bertz CT molecular complexity index is 3550. The first-order valence-electron chi connectivity index (χ1n) is 23.0. The van der Waals surface area contributed by atoms with Crippen molar-refractivity contribution in [2.75, 3.05) is 4.90 Å². The summed E-state index contributed by atoms with van der Waals surface area (Å²) in [6.07, 6.45) is 0. The lowest BCUT2D eigenvalue weighted by molar-refractivity contribution is 0.660. The molecule has 0 amide bonds. The van der Waals surface area contributed by atoms with Gasteiger partial charge in [-0.15, -0.1) is 0 Å². The average molecular weight is 842 g/mol. The molecule has 0 aromatic heterocycles. The summed E-state index contributed by atoms with van der Waals surface area (Å²) in [5.41, 5.74) is 20.7. The fourth-order valence-electron chi connectivity index (χ4n) is 10.4. The number of rotatable bonds is 8. The molecule has 1 aliphatic carbocycles. The fraction of sp³-hybridized carbons (Fsp3) is 0.0462. The van der Waals surface area contributed by atoms with Gasteiger partial charge in [-0.1, -0.05) is 220 Å². The normalized spacial score (nSPS) is 12.5. The Morgan fingerprint density at radius 3 is 1.15 bits per heavy atom. The Balaban J connectivity index is 0.903. The molecule has 0 saturated carbocycles. The van der Waals surface area contributed by atoms with E-state index in [1.54, 1.807) is 0 Å². The Morgan fingerprint density at radius 2 is 0.621 bits per heavy atom. The molecule has 0 fully saturated rings. The smallest absolute Gasteiger partial charge is 0.0465 e. The first-order chi connectivity index (χ1) is 32.5. The van der Waals surface area contributed by atoms with Gasteiger partial charge in [0, 0.05) is 22.5 Å². The zero-order valence-corrected chi connectivity index (χ0v) is 37.1. The van der Waals surface area contributed by atoms with E-state index < -0.39 is 0 Å². The molecule has 0 N–H and O–H groups in total. The standard InChI is InChI=1S/C65H47N/c1-65(2)63-42-53(60-21-11-17-51-15-7-9-19-58(51)60)34-40-61(63)62-41-39-56(43-64(62)65)66(54-35-30-48(31-36-54)46-24-22-45(23-25-46)44-12-4-3-5-13-44)55-37-32-49(33-38-55)47-26-28-52(29-27-47)59-20-10-16-50-14-6-8-18-57(50)59/h3-43H,1-2H3. The maximum atomic E-state index is 2.44. The van der Waals surface area contributed by atoms with Crippen LogP contribution in [0.15, 0.2) is 249 Å².